The van der Waals surface area contributed by atoms with Gasteiger partial charge in [0.1, 0.15) is 24.2 Å². The molecule has 1 atom stereocenters. The maximum absolute atomic E-state index is 14.0. The van der Waals surface area contributed by atoms with E-state index in [1.807, 2.05) is 0 Å². The lowest BCUT2D eigenvalue weighted by atomic mass is 10.0. The third kappa shape index (κ3) is 4.79. The van der Waals surface area contributed by atoms with Crippen LogP contribution in [-0.4, -0.2) is 41.4 Å². The van der Waals surface area contributed by atoms with E-state index in [4.69, 9.17) is 9.47 Å². The van der Waals surface area contributed by atoms with E-state index in [2.05, 4.69) is 10.6 Å². The number of carbonyl (C=O) groups is 4. The average molecular weight is 455 g/mol. The number of imide groups is 1. The van der Waals surface area contributed by atoms with Crippen molar-refractivity contribution in [3.63, 3.8) is 0 Å². The summed E-state index contributed by atoms with van der Waals surface area (Å²) in [6.45, 7) is 2.30. The number of amides is 4. The molecular formula is C23H22FN3O6. The molecule has 1 saturated heterocycles. The summed E-state index contributed by atoms with van der Waals surface area (Å²) in [4.78, 5) is 50.0. The first kappa shape index (κ1) is 22.3. The van der Waals surface area contributed by atoms with E-state index in [0.717, 1.165) is 5.56 Å². The summed E-state index contributed by atoms with van der Waals surface area (Å²) < 4.78 is 24.4. The minimum atomic E-state index is -0.862. The molecule has 0 bridgehead atoms. The Kier molecular flexibility index (Phi) is 6.25. The van der Waals surface area contributed by atoms with Crippen molar-refractivity contribution in [3.8, 4) is 5.75 Å². The molecule has 0 aliphatic carbocycles. The van der Waals surface area contributed by atoms with Crippen molar-refractivity contribution in [1.82, 2.24) is 10.2 Å². The highest BCUT2D eigenvalue weighted by Gasteiger charge is 2.39. The lowest BCUT2D eigenvalue weighted by Crippen LogP contribution is -2.52. The second-order valence-electron chi connectivity index (χ2n) is 7.67. The van der Waals surface area contributed by atoms with Crippen LogP contribution >= 0.6 is 0 Å². The van der Waals surface area contributed by atoms with Gasteiger partial charge in [-0.05, 0) is 42.7 Å². The molecule has 0 spiro atoms. The second kappa shape index (κ2) is 9.27. The molecule has 9 nitrogen and oxygen atoms in total. The monoisotopic (exact) mass is 455 g/mol. The molecule has 172 valence electrons. The third-order valence-electron chi connectivity index (χ3n) is 5.45. The van der Waals surface area contributed by atoms with Gasteiger partial charge < -0.3 is 14.4 Å². The number of halogens is 1. The molecule has 2 aromatic rings. The number of hydrogen-bond donors (Lipinski definition) is 2. The fourth-order valence-corrected chi connectivity index (χ4v) is 3.84. The number of carbonyl (C=O) groups excluding carboxylic acids is 4. The van der Waals surface area contributed by atoms with Crippen LogP contribution in [0.5, 0.6) is 5.75 Å². The highest BCUT2D eigenvalue weighted by atomic mass is 19.1. The smallest absolute Gasteiger partial charge is 0.412 e. The van der Waals surface area contributed by atoms with Gasteiger partial charge in [0.05, 0.1) is 12.3 Å². The van der Waals surface area contributed by atoms with Gasteiger partial charge >= 0.3 is 6.09 Å². The first-order chi connectivity index (χ1) is 15.9. The van der Waals surface area contributed by atoms with Crippen molar-refractivity contribution in [2.75, 3.05) is 11.9 Å². The molecule has 2 aliphatic rings. The van der Waals surface area contributed by atoms with E-state index in [1.54, 1.807) is 25.1 Å². The molecule has 4 amide bonds. The summed E-state index contributed by atoms with van der Waals surface area (Å²) in [7, 11) is 0. The zero-order chi connectivity index (χ0) is 23.5. The Morgan fingerprint density at radius 2 is 2.03 bits per heavy atom. The van der Waals surface area contributed by atoms with Crippen molar-refractivity contribution in [2.45, 2.75) is 39.0 Å². The van der Waals surface area contributed by atoms with E-state index in [0.29, 0.717) is 23.5 Å². The Morgan fingerprint density at radius 3 is 2.79 bits per heavy atom. The summed E-state index contributed by atoms with van der Waals surface area (Å²) in [6, 6.07) is 8.35. The molecule has 2 aromatic carbocycles. The standard InChI is InChI=1S/C23H22FN3O6/c1-2-32-15-5-6-17(24)18(10-15)25-23(31)33-12-13-3-4-14-11-27(22(30)16(14)9-13)19-7-8-20(28)26-21(19)29/h3-6,9-10,19H,2,7-8,11-12H2,1H3,(H,25,31)(H,26,28,29). The molecule has 0 aromatic heterocycles. The molecule has 4 rings (SSSR count). The maximum Gasteiger partial charge on any atom is 0.412 e. The van der Waals surface area contributed by atoms with Gasteiger partial charge in [-0.1, -0.05) is 12.1 Å². The minimum absolute atomic E-state index is 0.0741. The van der Waals surface area contributed by atoms with Crippen LogP contribution in [0.3, 0.4) is 0 Å². The first-order valence-corrected chi connectivity index (χ1v) is 10.5. The highest BCUT2D eigenvalue weighted by molar-refractivity contribution is 6.05. The van der Waals surface area contributed by atoms with Crippen molar-refractivity contribution < 1.29 is 33.0 Å². The minimum Gasteiger partial charge on any atom is -0.494 e. The van der Waals surface area contributed by atoms with Crippen LogP contribution in [0.25, 0.3) is 0 Å². The molecule has 1 fully saturated rings. The number of nitrogens with one attached hydrogen (secondary N) is 2. The molecule has 2 aliphatic heterocycles. The Morgan fingerprint density at radius 1 is 1.21 bits per heavy atom. The number of anilines is 1. The molecule has 0 saturated carbocycles. The van der Waals surface area contributed by atoms with Crippen LogP contribution < -0.4 is 15.4 Å². The van der Waals surface area contributed by atoms with Crippen molar-refractivity contribution in [1.29, 1.82) is 0 Å². The number of fused-ring (bicyclic) bond motifs is 1. The van der Waals surface area contributed by atoms with Gasteiger partial charge in [-0.2, -0.15) is 0 Å². The average Bonchev–Trinajstić information content (AvgIpc) is 3.10. The predicted octanol–water partition coefficient (Wildman–Crippen LogP) is 2.73. The Labute approximate surface area is 188 Å². The van der Waals surface area contributed by atoms with Gasteiger partial charge in [0, 0.05) is 24.6 Å². The van der Waals surface area contributed by atoms with Crippen LogP contribution in [0.4, 0.5) is 14.9 Å². The van der Waals surface area contributed by atoms with Crippen LogP contribution in [0.15, 0.2) is 36.4 Å². The Hall–Kier alpha value is -3.95. The van der Waals surface area contributed by atoms with Crippen LogP contribution in [-0.2, 0) is 27.5 Å². The van der Waals surface area contributed by atoms with Crippen molar-refractivity contribution >= 4 is 29.5 Å². The van der Waals surface area contributed by atoms with Crippen LogP contribution in [0.1, 0.15) is 41.3 Å². The summed E-state index contributed by atoms with van der Waals surface area (Å²) in [5, 5.41) is 4.60. The summed E-state index contributed by atoms with van der Waals surface area (Å²) in [5.74, 6) is -1.37. The number of piperidine rings is 1. The van der Waals surface area contributed by atoms with Gasteiger partial charge in [-0.15, -0.1) is 0 Å². The van der Waals surface area contributed by atoms with Gasteiger partial charge in [0.15, 0.2) is 0 Å². The molecule has 10 heteroatoms. The largest absolute Gasteiger partial charge is 0.494 e. The van der Waals surface area contributed by atoms with Gasteiger partial charge in [-0.3, -0.25) is 25.0 Å². The quantitative estimate of drug-likeness (QED) is 0.648. The summed E-state index contributed by atoms with van der Waals surface area (Å²) in [6.07, 6.45) is -0.403. The van der Waals surface area contributed by atoms with E-state index < -0.39 is 23.9 Å². The first-order valence-electron chi connectivity index (χ1n) is 10.5. The molecule has 2 heterocycles. The number of rotatable bonds is 6. The second-order valence-corrected chi connectivity index (χ2v) is 7.67. The molecule has 2 N–H and O–H groups in total. The number of benzene rings is 2. The lowest BCUT2D eigenvalue weighted by molar-refractivity contribution is -0.136. The summed E-state index contributed by atoms with van der Waals surface area (Å²) in [5.41, 5.74) is 1.64. The number of hydrogen-bond acceptors (Lipinski definition) is 6. The predicted molar refractivity (Wildman–Crippen MR) is 114 cm³/mol. The zero-order valence-corrected chi connectivity index (χ0v) is 17.9. The van der Waals surface area contributed by atoms with Crippen LogP contribution in [0, 0.1) is 5.82 Å². The zero-order valence-electron chi connectivity index (χ0n) is 17.9. The van der Waals surface area contributed by atoms with E-state index in [-0.39, 0.29) is 43.5 Å². The molecule has 1 unspecified atom stereocenters. The van der Waals surface area contributed by atoms with Crippen molar-refractivity contribution in [3.05, 3.63) is 58.9 Å². The lowest BCUT2D eigenvalue weighted by Gasteiger charge is -2.29. The van der Waals surface area contributed by atoms with Gasteiger partial charge in [0.25, 0.3) is 5.91 Å². The van der Waals surface area contributed by atoms with Gasteiger partial charge in [-0.25, -0.2) is 9.18 Å². The normalized spacial score (nSPS) is 17.5. The Balaban J connectivity index is 1.38. The fourth-order valence-electron chi connectivity index (χ4n) is 3.84. The topological polar surface area (TPSA) is 114 Å². The van der Waals surface area contributed by atoms with E-state index in [1.165, 1.54) is 23.1 Å². The maximum atomic E-state index is 14.0. The Bertz CT molecular complexity index is 1140. The molecular weight excluding hydrogens is 433 g/mol. The third-order valence-corrected chi connectivity index (χ3v) is 5.45. The van der Waals surface area contributed by atoms with E-state index >= 15 is 0 Å². The molecule has 33 heavy (non-hydrogen) atoms. The van der Waals surface area contributed by atoms with Crippen molar-refractivity contribution in [2.24, 2.45) is 0 Å². The van der Waals surface area contributed by atoms with Gasteiger partial charge in [0.2, 0.25) is 11.8 Å². The fraction of sp³-hybridized carbons (Fsp3) is 0.304. The molecule has 0 radical (unpaired) electrons. The number of nitrogens with zero attached hydrogens (tertiary/aromatic N) is 1. The van der Waals surface area contributed by atoms with E-state index in [9.17, 15) is 23.6 Å². The summed E-state index contributed by atoms with van der Waals surface area (Å²) >= 11 is 0. The number of ether oxygens (including phenoxy) is 2. The highest BCUT2D eigenvalue weighted by Crippen LogP contribution is 2.28. The van der Waals surface area contributed by atoms with Crippen LogP contribution in [0.2, 0.25) is 0 Å². The SMILES string of the molecule is CCOc1ccc(F)c(NC(=O)OCc2ccc3c(c2)C(=O)N(C2CCC(=O)NC2=O)C3)c1.